The minimum absolute atomic E-state index is 0.218. The van der Waals surface area contributed by atoms with Crippen LogP contribution in [-0.4, -0.2) is 0 Å². The summed E-state index contributed by atoms with van der Waals surface area (Å²) in [7, 11) is 0. The molecule has 0 amide bonds. The van der Waals surface area contributed by atoms with E-state index in [1.54, 1.807) is 0 Å². The van der Waals surface area contributed by atoms with E-state index in [2.05, 4.69) is 13.8 Å². The van der Waals surface area contributed by atoms with Crippen LogP contribution in [0.25, 0.3) is 10.8 Å². The van der Waals surface area contributed by atoms with Crippen molar-refractivity contribution >= 4 is 10.8 Å². The highest BCUT2D eigenvalue weighted by molar-refractivity contribution is 5.96. The Morgan fingerprint density at radius 1 is 0.591 bits per heavy atom. The molecule has 0 heterocycles. The van der Waals surface area contributed by atoms with Gasteiger partial charge in [-0.3, -0.25) is 4.79 Å². The molecule has 2 aromatic rings. The van der Waals surface area contributed by atoms with E-state index in [-0.39, 0.29) is 5.43 Å². The number of hydrogen-bond acceptors (Lipinski definition) is 1. The molecular weight excluding hydrogens is 268 g/mol. The highest BCUT2D eigenvalue weighted by Crippen LogP contribution is 2.12. The maximum absolute atomic E-state index is 10.5. The number of fused-ring (bicyclic) bond motifs is 1. The van der Waals surface area contributed by atoms with Gasteiger partial charge in [0.25, 0.3) is 0 Å². The average Bonchev–Trinajstić information content (AvgIpc) is 3.21. The molecule has 2 rings (SSSR count). The van der Waals surface area contributed by atoms with Crippen LogP contribution in [0.2, 0.25) is 0 Å². The molecule has 1 heteroatoms. The lowest BCUT2D eigenvalue weighted by molar-refractivity contribution is 0.548. The first-order valence-corrected chi connectivity index (χ1v) is 9.45. The van der Waals surface area contributed by atoms with Crippen molar-refractivity contribution in [2.75, 3.05) is 0 Å². The first-order chi connectivity index (χ1) is 10.8. The van der Waals surface area contributed by atoms with Gasteiger partial charge in [-0.1, -0.05) is 115 Å². The largest absolute Gasteiger partial charge is 0.289 e. The maximum Gasteiger partial charge on any atom is 0.194 e. The standard InChI is InChI=1S/C14H30.C7H4O/c1-3-5-7-9-11-13-14-12-10-8-6-4-2;8-7-5-3-1-2-4-6(5)7/h3-14H2,1-2H3;1-4H. The Hall–Kier alpha value is -1.11. The summed E-state index contributed by atoms with van der Waals surface area (Å²) < 4.78 is 0. The van der Waals surface area contributed by atoms with Crippen LogP contribution in [0.5, 0.6) is 0 Å². The van der Waals surface area contributed by atoms with Gasteiger partial charge in [0.1, 0.15) is 0 Å². The summed E-state index contributed by atoms with van der Waals surface area (Å²) >= 11 is 0. The van der Waals surface area contributed by atoms with Crippen molar-refractivity contribution in [1.29, 1.82) is 0 Å². The average molecular weight is 303 g/mol. The second-order valence-corrected chi connectivity index (χ2v) is 6.41. The molecule has 0 saturated carbocycles. The minimum Gasteiger partial charge on any atom is -0.289 e. The molecule has 0 spiro atoms. The quantitative estimate of drug-likeness (QED) is 0.418. The van der Waals surface area contributed by atoms with Crippen LogP contribution >= 0.6 is 0 Å². The van der Waals surface area contributed by atoms with E-state index < -0.39 is 0 Å². The van der Waals surface area contributed by atoms with Crippen molar-refractivity contribution in [2.24, 2.45) is 0 Å². The highest BCUT2D eigenvalue weighted by Gasteiger charge is 2.07. The van der Waals surface area contributed by atoms with Gasteiger partial charge in [0.05, 0.1) is 0 Å². The molecule has 0 unspecified atom stereocenters. The lowest BCUT2D eigenvalue weighted by Gasteiger charge is -2.01. The fraction of sp³-hybridized carbons (Fsp3) is 0.667. The molecule has 0 aliphatic heterocycles. The molecule has 0 bridgehead atoms. The van der Waals surface area contributed by atoms with E-state index in [9.17, 15) is 4.79 Å². The molecule has 124 valence electrons. The van der Waals surface area contributed by atoms with Gasteiger partial charge in [-0.25, -0.2) is 0 Å². The zero-order chi connectivity index (χ0) is 16.0. The summed E-state index contributed by atoms with van der Waals surface area (Å²) in [6, 6.07) is 7.45. The van der Waals surface area contributed by atoms with E-state index in [1.807, 2.05) is 24.3 Å². The molecule has 2 aromatic carbocycles. The first-order valence-electron chi connectivity index (χ1n) is 9.45. The minimum atomic E-state index is 0.218. The summed E-state index contributed by atoms with van der Waals surface area (Å²) in [5.41, 5.74) is 0.218. The summed E-state index contributed by atoms with van der Waals surface area (Å²) in [6.07, 6.45) is 17.4. The Labute approximate surface area is 136 Å². The third-order valence-corrected chi connectivity index (χ3v) is 4.31. The van der Waals surface area contributed by atoms with Crippen molar-refractivity contribution < 1.29 is 0 Å². The zero-order valence-electron chi connectivity index (χ0n) is 14.7. The summed E-state index contributed by atoms with van der Waals surface area (Å²) in [4.78, 5) is 10.5. The van der Waals surface area contributed by atoms with Gasteiger partial charge >= 0.3 is 0 Å². The van der Waals surface area contributed by atoms with E-state index in [1.165, 1.54) is 77.0 Å². The van der Waals surface area contributed by atoms with Crippen LogP contribution in [0.4, 0.5) is 0 Å². The highest BCUT2D eigenvalue weighted by atomic mass is 16.1. The van der Waals surface area contributed by atoms with Crippen molar-refractivity contribution in [1.82, 2.24) is 0 Å². The lowest BCUT2D eigenvalue weighted by Crippen LogP contribution is -1.81. The summed E-state index contributed by atoms with van der Waals surface area (Å²) in [6.45, 7) is 4.57. The number of hydrogen-bond donors (Lipinski definition) is 0. The smallest absolute Gasteiger partial charge is 0.194 e. The van der Waals surface area contributed by atoms with Gasteiger partial charge in [0.2, 0.25) is 0 Å². The van der Waals surface area contributed by atoms with Crippen molar-refractivity contribution in [3.63, 3.8) is 0 Å². The molecule has 0 saturated heterocycles. The summed E-state index contributed by atoms with van der Waals surface area (Å²) in [5.74, 6) is 0. The van der Waals surface area contributed by atoms with Gasteiger partial charge in [-0.05, 0) is 0 Å². The van der Waals surface area contributed by atoms with Gasteiger partial charge in [-0.15, -0.1) is 0 Å². The Morgan fingerprint density at radius 2 is 0.909 bits per heavy atom. The van der Waals surface area contributed by atoms with Gasteiger partial charge in [-0.2, -0.15) is 0 Å². The maximum atomic E-state index is 10.5. The third kappa shape index (κ3) is 8.36. The van der Waals surface area contributed by atoms with Crippen molar-refractivity contribution in [3.8, 4) is 0 Å². The van der Waals surface area contributed by atoms with E-state index in [0.29, 0.717) is 0 Å². The van der Waals surface area contributed by atoms with E-state index in [4.69, 9.17) is 0 Å². The van der Waals surface area contributed by atoms with Crippen LogP contribution in [0.1, 0.15) is 90.9 Å². The van der Waals surface area contributed by atoms with Crippen molar-refractivity contribution in [2.45, 2.75) is 90.9 Å². The first kappa shape index (κ1) is 18.9. The predicted molar refractivity (Wildman–Crippen MR) is 99.3 cm³/mol. The molecule has 0 fully saturated rings. The fourth-order valence-corrected chi connectivity index (χ4v) is 2.75. The van der Waals surface area contributed by atoms with Gasteiger partial charge in [0, 0.05) is 10.8 Å². The molecule has 0 aliphatic carbocycles. The fourth-order valence-electron chi connectivity index (χ4n) is 2.75. The van der Waals surface area contributed by atoms with Crippen LogP contribution in [-0.2, 0) is 0 Å². The number of unbranched alkanes of at least 4 members (excludes halogenated alkanes) is 11. The monoisotopic (exact) mass is 302 g/mol. The van der Waals surface area contributed by atoms with Crippen molar-refractivity contribution in [3.05, 3.63) is 34.5 Å². The molecule has 0 radical (unpaired) electrons. The van der Waals surface area contributed by atoms with E-state index in [0.717, 1.165) is 10.8 Å². The van der Waals surface area contributed by atoms with Gasteiger partial charge < -0.3 is 0 Å². The molecule has 1 nitrogen and oxygen atoms in total. The third-order valence-electron chi connectivity index (χ3n) is 4.31. The molecule has 0 N–H and O–H groups in total. The SMILES string of the molecule is CCCCCCCCCCCCCC.O=c1c2ccccc12. The molecule has 22 heavy (non-hydrogen) atoms. The Bertz CT molecular complexity index is 448. The molecule has 0 aromatic heterocycles. The van der Waals surface area contributed by atoms with Gasteiger partial charge in [0.15, 0.2) is 5.43 Å². The van der Waals surface area contributed by atoms with Crippen LogP contribution in [0.15, 0.2) is 29.1 Å². The number of rotatable bonds is 11. The Balaban J connectivity index is 0.000000249. The number of benzene rings is 1. The molecular formula is C21H34O. The zero-order valence-corrected chi connectivity index (χ0v) is 14.7. The molecule has 0 atom stereocenters. The lowest BCUT2D eigenvalue weighted by atomic mass is 10.1. The normalized spacial score (nSPS) is 10.8. The van der Waals surface area contributed by atoms with Crippen LogP contribution in [0.3, 0.4) is 0 Å². The topological polar surface area (TPSA) is 17.1 Å². The second-order valence-electron chi connectivity index (χ2n) is 6.41. The second kappa shape index (κ2) is 12.4. The van der Waals surface area contributed by atoms with E-state index >= 15 is 0 Å². The predicted octanol–water partition coefficient (Wildman–Crippen LogP) is 6.78. The van der Waals surface area contributed by atoms with Crippen LogP contribution < -0.4 is 5.43 Å². The molecule has 0 aliphatic rings. The summed E-state index contributed by atoms with van der Waals surface area (Å²) in [5, 5.41) is 1.79. The Kier molecular flexibility index (Phi) is 10.7. The van der Waals surface area contributed by atoms with Crippen LogP contribution in [0, 0.1) is 0 Å². The Morgan fingerprint density at radius 3 is 1.18 bits per heavy atom.